The number of aromatic nitrogens is 2. The van der Waals surface area contributed by atoms with Gasteiger partial charge in [0.2, 0.25) is 0 Å². The Balaban J connectivity index is 1.41. The highest BCUT2D eigenvalue weighted by Crippen LogP contribution is 2.33. The molecule has 2 aromatic carbocycles. The van der Waals surface area contributed by atoms with E-state index in [9.17, 15) is 9.90 Å². The molecule has 1 aliphatic heterocycles. The lowest BCUT2D eigenvalue weighted by Gasteiger charge is -2.46. The fraction of sp³-hybridized carbons (Fsp3) is 0.200. The number of hydrogen-bond donors (Lipinski definition) is 1. The highest BCUT2D eigenvalue weighted by Gasteiger charge is 2.45. The molecule has 1 saturated heterocycles. The number of carbonyl (C=O) groups excluding carboxylic acids is 1. The highest BCUT2D eigenvalue weighted by atomic mass is 35.5. The Morgan fingerprint density at radius 2 is 1.77 bits per heavy atom. The van der Waals surface area contributed by atoms with E-state index in [0.717, 1.165) is 11.1 Å². The lowest BCUT2D eigenvalue weighted by atomic mass is 9.86. The van der Waals surface area contributed by atoms with Gasteiger partial charge < -0.3 is 10.0 Å². The molecule has 6 heteroatoms. The van der Waals surface area contributed by atoms with Crippen LogP contribution in [0.5, 0.6) is 0 Å². The summed E-state index contributed by atoms with van der Waals surface area (Å²) in [6.45, 7) is 1.11. The summed E-state index contributed by atoms with van der Waals surface area (Å²) in [7, 11) is 0. The van der Waals surface area contributed by atoms with Crippen molar-refractivity contribution in [2.45, 2.75) is 12.1 Å². The molecule has 0 unspecified atom stereocenters. The molecule has 5 nitrogen and oxygen atoms in total. The zero-order valence-electron chi connectivity index (χ0n) is 14.0. The third-order valence-electron chi connectivity index (χ3n) is 4.62. The Labute approximate surface area is 156 Å². The number of β-amino-alcohol motifs (C(OH)–C–C–N with tert-alkyl or cyclic N) is 1. The molecule has 132 valence electrons. The number of hydrogen-bond acceptors (Lipinski definition) is 3. The molecule has 0 radical (unpaired) electrons. The summed E-state index contributed by atoms with van der Waals surface area (Å²) in [5, 5.41) is 15.7. The first-order valence-corrected chi connectivity index (χ1v) is 8.76. The van der Waals surface area contributed by atoms with Crippen LogP contribution in [0.3, 0.4) is 0 Å². The number of benzene rings is 2. The summed E-state index contributed by atoms with van der Waals surface area (Å²) >= 11 is 5.89. The number of aliphatic hydroxyl groups is 1. The van der Waals surface area contributed by atoms with Crippen molar-refractivity contribution in [3.05, 3.63) is 88.7 Å². The van der Waals surface area contributed by atoms with Crippen molar-refractivity contribution >= 4 is 17.5 Å². The predicted octanol–water partition coefficient (Wildman–Crippen LogP) is 2.93. The van der Waals surface area contributed by atoms with Gasteiger partial charge in [-0.05, 0) is 29.3 Å². The van der Waals surface area contributed by atoms with E-state index in [4.69, 9.17) is 11.6 Å². The molecule has 1 N–H and O–H groups in total. The van der Waals surface area contributed by atoms with E-state index >= 15 is 0 Å². The van der Waals surface area contributed by atoms with Crippen LogP contribution in [0.1, 0.15) is 21.6 Å². The zero-order chi connectivity index (χ0) is 18.1. The zero-order valence-corrected chi connectivity index (χ0v) is 14.8. The average molecular weight is 368 g/mol. The van der Waals surface area contributed by atoms with E-state index in [1.165, 1.54) is 0 Å². The molecule has 0 aliphatic carbocycles. The first-order valence-electron chi connectivity index (χ1n) is 8.39. The second kappa shape index (κ2) is 6.59. The second-order valence-corrected chi connectivity index (χ2v) is 7.02. The molecule has 0 saturated carbocycles. The number of halogens is 1. The van der Waals surface area contributed by atoms with Gasteiger partial charge in [-0.3, -0.25) is 9.48 Å². The first kappa shape index (κ1) is 16.8. The summed E-state index contributed by atoms with van der Waals surface area (Å²) in [5.74, 6) is -0.171. The van der Waals surface area contributed by atoms with Crippen LogP contribution in [-0.2, 0) is 12.1 Å². The minimum Gasteiger partial charge on any atom is -0.381 e. The smallest absolute Gasteiger partial charge is 0.274 e. The lowest BCUT2D eigenvalue weighted by molar-refractivity contribution is -0.0865. The maximum atomic E-state index is 12.6. The Morgan fingerprint density at radius 1 is 1.08 bits per heavy atom. The molecule has 0 bridgehead atoms. The van der Waals surface area contributed by atoms with Crippen LogP contribution >= 0.6 is 11.6 Å². The minimum absolute atomic E-state index is 0.171. The van der Waals surface area contributed by atoms with Gasteiger partial charge in [-0.2, -0.15) is 5.10 Å². The first-order chi connectivity index (χ1) is 12.5. The van der Waals surface area contributed by atoms with Gasteiger partial charge in [-0.1, -0.05) is 54.1 Å². The van der Waals surface area contributed by atoms with Crippen LogP contribution in [0.2, 0.25) is 5.02 Å². The normalized spacial score (nSPS) is 15.5. The van der Waals surface area contributed by atoms with Gasteiger partial charge in [-0.25, -0.2) is 0 Å². The average Bonchev–Trinajstić information content (AvgIpc) is 3.08. The van der Waals surface area contributed by atoms with E-state index in [-0.39, 0.29) is 19.0 Å². The summed E-state index contributed by atoms with van der Waals surface area (Å²) in [6.07, 6.45) is 1.80. The standard InChI is InChI=1S/C20H18ClN3O2/c21-17-8-6-16(7-9-17)20(26)13-23(14-20)19(25)18-10-11-24(22-18)12-15-4-2-1-3-5-15/h1-11,26H,12-14H2. The minimum atomic E-state index is -1.02. The molecule has 1 amide bonds. The predicted molar refractivity (Wildman–Crippen MR) is 99.0 cm³/mol. The van der Waals surface area contributed by atoms with Crippen molar-refractivity contribution in [1.29, 1.82) is 0 Å². The summed E-state index contributed by atoms with van der Waals surface area (Å²) in [5.41, 5.74) is 1.25. The Bertz CT molecular complexity index is 916. The van der Waals surface area contributed by atoms with Gasteiger partial charge in [0, 0.05) is 11.2 Å². The maximum Gasteiger partial charge on any atom is 0.274 e. The van der Waals surface area contributed by atoms with Gasteiger partial charge in [0.05, 0.1) is 19.6 Å². The van der Waals surface area contributed by atoms with Crippen molar-refractivity contribution in [3.63, 3.8) is 0 Å². The van der Waals surface area contributed by atoms with E-state index in [1.54, 1.807) is 46.1 Å². The Hall–Kier alpha value is -2.63. The van der Waals surface area contributed by atoms with Gasteiger partial charge in [0.25, 0.3) is 5.91 Å². The molecule has 0 atom stereocenters. The van der Waals surface area contributed by atoms with Crippen LogP contribution in [-0.4, -0.2) is 38.8 Å². The van der Waals surface area contributed by atoms with Crippen molar-refractivity contribution in [2.24, 2.45) is 0 Å². The molecule has 2 heterocycles. The van der Waals surface area contributed by atoms with E-state index in [2.05, 4.69) is 5.10 Å². The van der Waals surface area contributed by atoms with Crippen LogP contribution in [0, 0.1) is 0 Å². The molecular weight excluding hydrogens is 350 g/mol. The summed E-state index contributed by atoms with van der Waals surface area (Å²) in [6, 6.07) is 18.7. The maximum absolute atomic E-state index is 12.6. The number of carbonyl (C=O) groups is 1. The van der Waals surface area contributed by atoms with Crippen molar-refractivity contribution in [2.75, 3.05) is 13.1 Å². The Kier molecular flexibility index (Phi) is 4.26. The van der Waals surface area contributed by atoms with Crippen LogP contribution in [0.15, 0.2) is 66.9 Å². The second-order valence-electron chi connectivity index (χ2n) is 6.58. The number of rotatable bonds is 4. The molecule has 1 aliphatic rings. The third-order valence-corrected chi connectivity index (χ3v) is 4.87. The quantitative estimate of drug-likeness (QED) is 0.771. The van der Waals surface area contributed by atoms with E-state index in [1.807, 2.05) is 30.3 Å². The van der Waals surface area contributed by atoms with Crippen LogP contribution < -0.4 is 0 Å². The lowest BCUT2D eigenvalue weighted by Crippen LogP contribution is -2.61. The molecule has 1 aromatic heterocycles. The molecular formula is C20H18ClN3O2. The Morgan fingerprint density at radius 3 is 2.46 bits per heavy atom. The monoisotopic (exact) mass is 367 g/mol. The molecule has 0 spiro atoms. The van der Waals surface area contributed by atoms with Crippen molar-refractivity contribution in [3.8, 4) is 0 Å². The highest BCUT2D eigenvalue weighted by molar-refractivity contribution is 6.30. The molecule has 1 fully saturated rings. The largest absolute Gasteiger partial charge is 0.381 e. The summed E-state index contributed by atoms with van der Waals surface area (Å²) in [4.78, 5) is 14.2. The number of nitrogens with zero attached hydrogens (tertiary/aromatic N) is 3. The van der Waals surface area contributed by atoms with Crippen LogP contribution in [0.4, 0.5) is 0 Å². The third kappa shape index (κ3) is 3.23. The molecule has 26 heavy (non-hydrogen) atoms. The van der Waals surface area contributed by atoms with Gasteiger partial charge in [0.15, 0.2) is 0 Å². The fourth-order valence-corrected chi connectivity index (χ4v) is 3.29. The van der Waals surface area contributed by atoms with Gasteiger partial charge in [-0.15, -0.1) is 0 Å². The SMILES string of the molecule is O=C(c1ccn(Cc2ccccc2)n1)N1CC(O)(c2ccc(Cl)cc2)C1. The van der Waals surface area contributed by atoms with Gasteiger partial charge in [0.1, 0.15) is 11.3 Å². The molecule has 3 aromatic rings. The number of likely N-dealkylation sites (tertiary alicyclic amines) is 1. The fourth-order valence-electron chi connectivity index (χ4n) is 3.17. The number of amides is 1. The van der Waals surface area contributed by atoms with Crippen molar-refractivity contribution in [1.82, 2.24) is 14.7 Å². The van der Waals surface area contributed by atoms with Crippen molar-refractivity contribution < 1.29 is 9.90 Å². The van der Waals surface area contributed by atoms with E-state index in [0.29, 0.717) is 17.3 Å². The van der Waals surface area contributed by atoms with Crippen LogP contribution in [0.25, 0.3) is 0 Å². The van der Waals surface area contributed by atoms with E-state index < -0.39 is 5.60 Å². The van der Waals surface area contributed by atoms with Gasteiger partial charge >= 0.3 is 0 Å². The topological polar surface area (TPSA) is 58.4 Å². The molecule has 4 rings (SSSR count). The summed E-state index contributed by atoms with van der Waals surface area (Å²) < 4.78 is 1.74.